The maximum absolute atomic E-state index is 10.5. The molecule has 0 unspecified atom stereocenters. The van der Waals surface area contributed by atoms with Crippen molar-refractivity contribution in [2.24, 2.45) is 0 Å². The monoisotopic (exact) mass is 268 g/mol. The zero-order valence-electron chi connectivity index (χ0n) is 8.76. The van der Waals surface area contributed by atoms with Crippen LogP contribution < -0.4 is 0 Å². The number of hydrogen-bond acceptors (Lipinski definition) is 8. The van der Waals surface area contributed by atoms with Gasteiger partial charge in [0.05, 0.1) is 20.8 Å². The van der Waals surface area contributed by atoms with Crippen LogP contribution in [-0.4, -0.2) is 54.5 Å². The fraction of sp³-hybridized carbons (Fsp3) is 0. The third-order valence-electron chi connectivity index (χ3n) is 1.77. The minimum Gasteiger partial charge on any atom is -0.502 e. The van der Waals surface area contributed by atoms with Gasteiger partial charge in [-0.25, -0.2) is 0 Å². The SMILES string of the molecule is O=[N+]([O-])c1cc(O)c([N+](=O)[O-])c(O)c1[N+](=O)[O-].[Na]. The molecule has 18 heavy (non-hydrogen) atoms. The maximum atomic E-state index is 10.5. The third-order valence-corrected chi connectivity index (χ3v) is 1.77. The molecule has 1 aromatic carbocycles. The number of nitrogens with zero attached hydrogens (tertiary/aromatic N) is 3. The number of hydrogen-bond donors (Lipinski definition) is 2. The molecule has 1 radical (unpaired) electrons. The molecular weight excluding hydrogens is 265 g/mol. The fourth-order valence-electron chi connectivity index (χ4n) is 1.12. The van der Waals surface area contributed by atoms with Crippen LogP contribution >= 0.6 is 0 Å². The largest absolute Gasteiger partial charge is 0.502 e. The van der Waals surface area contributed by atoms with Crippen molar-refractivity contribution >= 4 is 46.6 Å². The summed E-state index contributed by atoms with van der Waals surface area (Å²) in [6.07, 6.45) is 0. The van der Waals surface area contributed by atoms with Crippen molar-refractivity contribution in [3.05, 3.63) is 36.4 Å². The summed E-state index contributed by atoms with van der Waals surface area (Å²) < 4.78 is 0. The molecule has 2 N–H and O–H groups in total. The van der Waals surface area contributed by atoms with Crippen LogP contribution in [0.25, 0.3) is 0 Å². The van der Waals surface area contributed by atoms with Gasteiger partial charge in [0.2, 0.25) is 5.75 Å². The maximum Gasteiger partial charge on any atom is 0.394 e. The van der Waals surface area contributed by atoms with Crippen LogP contribution in [0.1, 0.15) is 0 Å². The number of nitro groups is 3. The molecule has 0 aromatic heterocycles. The van der Waals surface area contributed by atoms with Crippen LogP contribution in [0.15, 0.2) is 6.07 Å². The van der Waals surface area contributed by atoms with E-state index in [1.165, 1.54) is 0 Å². The van der Waals surface area contributed by atoms with E-state index in [4.69, 9.17) is 5.11 Å². The molecule has 0 atom stereocenters. The molecule has 0 aliphatic rings. The normalized spacial score (nSPS) is 9.33. The Morgan fingerprint density at radius 2 is 1.33 bits per heavy atom. The van der Waals surface area contributed by atoms with E-state index in [2.05, 4.69) is 0 Å². The number of phenols is 2. The Labute approximate surface area is 119 Å². The Hall–Kier alpha value is -1.98. The average Bonchev–Trinajstić information content (AvgIpc) is 2.14. The van der Waals surface area contributed by atoms with E-state index in [-0.39, 0.29) is 35.6 Å². The third kappa shape index (κ3) is 2.64. The number of aromatic hydroxyl groups is 2. The molecule has 1 rings (SSSR count). The Balaban J connectivity index is 0.00000289. The molecule has 0 bridgehead atoms. The van der Waals surface area contributed by atoms with Gasteiger partial charge >= 0.3 is 17.1 Å². The van der Waals surface area contributed by atoms with Gasteiger partial charge < -0.3 is 10.2 Å². The van der Waals surface area contributed by atoms with Gasteiger partial charge in [-0.05, 0) is 0 Å². The van der Waals surface area contributed by atoms with Crippen LogP contribution in [0.5, 0.6) is 11.5 Å². The van der Waals surface area contributed by atoms with Crippen molar-refractivity contribution in [1.29, 1.82) is 0 Å². The van der Waals surface area contributed by atoms with Gasteiger partial charge in [0.1, 0.15) is 0 Å². The average molecular weight is 268 g/mol. The molecule has 0 fully saturated rings. The van der Waals surface area contributed by atoms with Crippen molar-refractivity contribution in [1.82, 2.24) is 0 Å². The van der Waals surface area contributed by atoms with Gasteiger partial charge in [-0.15, -0.1) is 0 Å². The minimum absolute atomic E-state index is 0. The van der Waals surface area contributed by atoms with Crippen molar-refractivity contribution in [2.45, 2.75) is 0 Å². The Kier molecular flexibility index (Phi) is 4.96. The number of benzene rings is 1. The fourth-order valence-corrected chi connectivity index (χ4v) is 1.12. The van der Waals surface area contributed by atoms with Gasteiger partial charge in [0, 0.05) is 29.6 Å². The standard InChI is InChI=1S/C6H3N3O8.Na/c10-3-1-2(7(12)13)4(8(14)15)6(11)5(3)9(16)17;/h1,10-11H;. The first-order valence-electron chi connectivity index (χ1n) is 3.79. The number of nitro benzene ring substituents is 3. The van der Waals surface area contributed by atoms with Gasteiger partial charge in [0.25, 0.3) is 5.75 Å². The smallest absolute Gasteiger partial charge is 0.394 e. The first-order valence-corrected chi connectivity index (χ1v) is 3.79. The summed E-state index contributed by atoms with van der Waals surface area (Å²) in [5, 5.41) is 49.5. The molecule has 0 spiro atoms. The summed E-state index contributed by atoms with van der Waals surface area (Å²) >= 11 is 0. The molecular formula is C6H3N3NaO8. The molecule has 12 heteroatoms. The van der Waals surface area contributed by atoms with Crippen molar-refractivity contribution in [2.75, 3.05) is 0 Å². The predicted molar refractivity (Wildman–Crippen MR) is 55.5 cm³/mol. The summed E-state index contributed by atoms with van der Waals surface area (Å²) in [5.41, 5.74) is -4.04. The number of phenolic OH excluding ortho intramolecular Hbond substituents is 2. The van der Waals surface area contributed by atoms with Gasteiger partial charge in [-0.3, -0.25) is 30.3 Å². The second-order valence-corrected chi connectivity index (χ2v) is 2.73. The summed E-state index contributed by atoms with van der Waals surface area (Å²) in [6, 6.07) is 0.232. The van der Waals surface area contributed by atoms with E-state index in [0.717, 1.165) is 0 Å². The zero-order valence-corrected chi connectivity index (χ0v) is 10.8. The second-order valence-electron chi connectivity index (χ2n) is 2.73. The summed E-state index contributed by atoms with van der Waals surface area (Å²) in [6.45, 7) is 0. The minimum atomic E-state index is -1.56. The summed E-state index contributed by atoms with van der Waals surface area (Å²) in [7, 11) is 0. The molecule has 0 aliphatic carbocycles. The molecule has 0 saturated carbocycles. The van der Waals surface area contributed by atoms with E-state index >= 15 is 0 Å². The van der Waals surface area contributed by atoms with E-state index in [1.807, 2.05) is 0 Å². The molecule has 0 saturated heterocycles. The van der Waals surface area contributed by atoms with Crippen molar-refractivity contribution in [3.8, 4) is 11.5 Å². The Morgan fingerprint density at radius 3 is 1.67 bits per heavy atom. The van der Waals surface area contributed by atoms with Crippen LogP contribution in [0.4, 0.5) is 17.1 Å². The molecule has 0 amide bonds. The first-order chi connectivity index (χ1) is 7.77. The molecule has 1 aromatic rings. The summed E-state index contributed by atoms with van der Waals surface area (Å²) in [4.78, 5) is 27.4. The van der Waals surface area contributed by atoms with E-state index in [0.29, 0.717) is 0 Å². The van der Waals surface area contributed by atoms with Gasteiger partial charge in [-0.1, -0.05) is 0 Å². The Morgan fingerprint density at radius 1 is 0.889 bits per heavy atom. The Bertz CT molecular complexity index is 544. The molecule has 11 nitrogen and oxygen atoms in total. The predicted octanol–water partition coefficient (Wildman–Crippen LogP) is 0.442. The van der Waals surface area contributed by atoms with Crippen LogP contribution in [0.2, 0.25) is 0 Å². The van der Waals surface area contributed by atoms with E-state index in [9.17, 15) is 35.4 Å². The second kappa shape index (κ2) is 5.57. The summed E-state index contributed by atoms with van der Waals surface area (Å²) in [5.74, 6) is -2.79. The van der Waals surface area contributed by atoms with Gasteiger partial charge in [0.15, 0.2) is 0 Å². The zero-order chi connectivity index (χ0) is 13.3. The van der Waals surface area contributed by atoms with Crippen molar-refractivity contribution in [3.63, 3.8) is 0 Å². The van der Waals surface area contributed by atoms with Crippen LogP contribution in [0, 0.1) is 30.3 Å². The molecule has 0 heterocycles. The topological polar surface area (TPSA) is 170 Å². The first kappa shape index (κ1) is 16.0. The number of rotatable bonds is 3. The van der Waals surface area contributed by atoms with Crippen LogP contribution in [-0.2, 0) is 0 Å². The van der Waals surface area contributed by atoms with E-state index < -0.39 is 43.3 Å². The molecule has 91 valence electrons. The quantitative estimate of drug-likeness (QED) is 0.451. The van der Waals surface area contributed by atoms with Crippen LogP contribution in [0.3, 0.4) is 0 Å². The van der Waals surface area contributed by atoms with E-state index in [1.54, 1.807) is 0 Å². The van der Waals surface area contributed by atoms with Crippen molar-refractivity contribution < 1.29 is 25.0 Å². The molecule has 0 aliphatic heterocycles. The van der Waals surface area contributed by atoms with Gasteiger partial charge in [-0.2, -0.15) is 0 Å².